The molecular formula is C59H109NO23. The first-order valence-electron chi connectivity index (χ1n) is 30.0. The van der Waals surface area contributed by atoms with Crippen molar-refractivity contribution in [1.82, 2.24) is 4.90 Å². The number of methoxy groups -OCH3 is 1. The van der Waals surface area contributed by atoms with Gasteiger partial charge in [0, 0.05) is 51.2 Å². The summed E-state index contributed by atoms with van der Waals surface area (Å²) >= 11 is 0. The number of likely N-dealkylation sites (N-methyl/N-ethyl adjacent to an activating group) is 1. The number of aliphatic hydroxyl groups excluding tert-OH is 19. The molecule has 2 aliphatic rings. The van der Waals surface area contributed by atoms with Crippen LogP contribution in [0.1, 0.15) is 164 Å². The van der Waals surface area contributed by atoms with Crippen molar-refractivity contribution in [3.63, 3.8) is 0 Å². The Hall–Kier alpha value is -2.38. The average Bonchev–Trinajstić information content (AvgIpc) is 3.87. The van der Waals surface area contributed by atoms with E-state index in [1.54, 1.807) is 13.0 Å². The topological polar surface area (TPSA) is 440 Å². The summed E-state index contributed by atoms with van der Waals surface area (Å²) < 4.78 is 11.3. The number of allylic oxidation sites excluding steroid dienone is 2. The van der Waals surface area contributed by atoms with Gasteiger partial charge in [0.15, 0.2) is 11.6 Å². The van der Waals surface area contributed by atoms with E-state index in [-0.39, 0.29) is 55.4 Å². The molecule has 0 aromatic carbocycles. The highest BCUT2D eigenvalue weighted by molar-refractivity contribution is 6.25. The average molecular weight is 1200 g/mol. The molecule has 19 N–H and O–H groups in total. The zero-order chi connectivity index (χ0) is 63.4. The van der Waals surface area contributed by atoms with Crippen molar-refractivity contribution >= 4 is 11.7 Å². The lowest BCUT2D eigenvalue weighted by molar-refractivity contribution is -0.364. The first-order chi connectivity index (χ1) is 38.7. The zero-order valence-electron chi connectivity index (χ0n) is 50.4. The van der Waals surface area contributed by atoms with E-state index in [1.807, 2.05) is 13.8 Å². The lowest BCUT2D eigenvalue weighted by atomic mass is 9.80. The number of carbonyl (C=O) groups excluding carboxylic acids is 2. The quantitative estimate of drug-likeness (QED) is 0.0155. The molecule has 0 aliphatic carbocycles. The van der Waals surface area contributed by atoms with E-state index in [4.69, 9.17) is 9.47 Å². The van der Waals surface area contributed by atoms with Gasteiger partial charge in [-0.2, -0.15) is 0 Å². The molecule has 0 radical (unpaired) electrons. The number of hydrogen-bond acceptors (Lipinski definition) is 23. The SMILES string of the molecule is CCCCCCCCCC[C@@H](O)C[C@]1(OC)O[C@H](CC(O)C(O)C(O)C(O)C(O)CC(O)CC(O)CC(O)CC(O)C(C)C(O)C(C)C(O)CC(O)C(C)C(O)C(O)C[C@H](C)C[C@H](C)/C=C(C)/C(O)=C2\C(=O)CN(C)C2=O)[C@@H](O)[C@H](O)[C@@H]1O. The zero-order valence-corrected chi connectivity index (χ0v) is 50.4. The number of ether oxygens (including phenoxy) is 2. The summed E-state index contributed by atoms with van der Waals surface area (Å²) in [6, 6.07) is 0. The van der Waals surface area contributed by atoms with Crippen LogP contribution in [0.15, 0.2) is 23.0 Å². The van der Waals surface area contributed by atoms with Crippen LogP contribution < -0.4 is 0 Å². The van der Waals surface area contributed by atoms with Gasteiger partial charge in [-0.25, -0.2) is 0 Å². The highest BCUT2D eigenvalue weighted by atomic mass is 16.7. The van der Waals surface area contributed by atoms with E-state index in [0.29, 0.717) is 24.8 Å². The molecule has 0 aromatic heterocycles. The van der Waals surface area contributed by atoms with Crippen LogP contribution in [-0.4, -0.2) is 256 Å². The predicted octanol–water partition coefficient (Wildman–Crippen LogP) is -0.754. The molecule has 25 atom stereocenters. The van der Waals surface area contributed by atoms with Gasteiger partial charge in [-0.1, -0.05) is 99.0 Å². The van der Waals surface area contributed by atoms with E-state index in [2.05, 4.69) is 6.92 Å². The summed E-state index contributed by atoms with van der Waals surface area (Å²) in [6.07, 6.45) is -23.8. The van der Waals surface area contributed by atoms with Crippen LogP contribution in [0.5, 0.6) is 0 Å². The maximum atomic E-state index is 12.3. The number of amides is 1. The van der Waals surface area contributed by atoms with Gasteiger partial charge in [-0.05, 0) is 69.3 Å². The van der Waals surface area contributed by atoms with Crippen LogP contribution in [0.4, 0.5) is 0 Å². The number of hydrogen-bond donors (Lipinski definition) is 19. The molecule has 0 spiro atoms. The Morgan fingerprint density at radius 1 is 0.590 bits per heavy atom. The van der Waals surface area contributed by atoms with Gasteiger partial charge in [-0.3, -0.25) is 9.59 Å². The molecule has 83 heavy (non-hydrogen) atoms. The van der Waals surface area contributed by atoms with Crippen LogP contribution in [-0.2, 0) is 19.1 Å². The molecule has 2 saturated heterocycles. The minimum absolute atomic E-state index is 0.120. The molecule has 2 aliphatic heterocycles. The Bertz CT molecular complexity index is 1930. The van der Waals surface area contributed by atoms with Crippen LogP contribution in [0.25, 0.3) is 0 Å². The minimum atomic E-state index is -2.27. The van der Waals surface area contributed by atoms with Gasteiger partial charge in [0.05, 0.1) is 85.9 Å². The third kappa shape index (κ3) is 23.6. The van der Waals surface area contributed by atoms with E-state index in [1.165, 1.54) is 45.6 Å². The molecule has 2 rings (SSSR count). The fourth-order valence-electron chi connectivity index (χ4n) is 11.6. The minimum Gasteiger partial charge on any atom is -0.507 e. The van der Waals surface area contributed by atoms with Crippen LogP contribution >= 0.6 is 0 Å². The van der Waals surface area contributed by atoms with Crippen LogP contribution in [0.3, 0.4) is 0 Å². The molecule has 2 fully saturated rings. The summed E-state index contributed by atoms with van der Waals surface area (Å²) in [4.78, 5) is 25.8. The number of ketones is 1. The van der Waals surface area contributed by atoms with Gasteiger partial charge >= 0.3 is 0 Å². The van der Waals surface area contributed by atoms with Gasteiger partial charge in [0.2, 0.25) is 0 Å². The third-order valence-corrected chi connectivity index (χ3v) is 17.3. The number of rotatable bonds is 41. The Morgan fingerprint density at radius 2 is 1.06 bits per heavy atom. The van der Waals surface area contributed by atoms with E-state index in [9.17, 15) is 107 Å². The van der Waals surface area contributed by atoms with Gasteiger partial charge in [0.25, 0.3) is 5.91 Å². The largest absolute Gasteiger partial charge is 0.507 e. The van der Waals surface area contributed by atoms with Crippen molar-refractivity contribution < 1.29 is 116 Å². The first-order valence-corrected chi connectivity index (χ1v) is 30.0. The molecule has 24 nitrogen and oxygen atoms in total. The summed E-state index contributed by atoms with van der Waals surface area (Å²) in [5.41, 5.74) is 0.0850. The lowest BCUT2D eigenvalue weighted by Crippen LogP contribution is -2.66. The number of carbonyl (C=O) groups is 2. The second-order valence-electron chi connectivity index (χ2n) is 24.7. The van der Waals surface area contributed by atoms with Crippen molar-refractivity contribution in [1.29, 1.82) is 0 Å². The monoisotopic (exact) mass is 1200 g/mol. The molecule has 0 saturated carbocycles. The molecule has 0 aromatic rings. The second-order valence-corrected chi connectivity index (χ2v) is 24.7. The van der Waals surface area contributed by atoms with Gasteiger partial charge in [-0.15, -0.1) is 0 Å². The highest BCUT2D eigenvalue weighted by Gasteiger charge is 2.55. The van der Waals surface area contributed by atoms with Crippen LogP contribution in [0.2, 0.25) is 0 Å². The number of Topliss-reactive ketones (excluding diaryl/α,β-unsaturated/α-hetero) is 1. The summed E-state index contributed by atoms with van der Waals surface area (Å²) in [7, 11) is 2.62. The molecule has 1 amide bonds. The molecule has 488 valence electrons. The van der Waals surface area contributed by atoms with Crippen molar-refractivity contribution in [3.05, 3.63) is 23.0 Å². The van der Waals surface area contributed by atoms with Crippen molar-refractivity contribution in [2.24, 2.45) is 29.6 Å². The molecule has 24 heteroatoms. The fourth-order valence-corrected chi connectivity index (χ4v) is 11.6. The second kappa shape index (κ2) is 36.8. The summed E-state index contributed by atoms with van der Waals surface area (Å²) in [5.74, 6) is -6.67. The Balaban J connectivity index is 1.85. The molecule has 2 heterocycles. The maximum Gasteiger partial charge on any atom is 0.261 e. The lowest BCUT2D eigenvalue weighted by Gasteiger charge is -2.49. The summed E-state index contributed by atoms with van der Waals surface area (Å²) in [6.45, 7) is 11.7. The first kappa shape index (κ1) is 76.7. The third-order valence-electron chi connectivity index (χ3n) is 17.3. The molecule has 17 unspecified atom stereocenters. The smallest absolute Gasteiger partial charge is 0.261 e. The summed E-state index contributed by atoms with van der Waals surface area (Å²) in [5, 5.41) is 206. The van der Waals surface area contributed by atoms with Crippen LogP contribution in [0, 0.1) is 29.6 Å². The highest BCUT2D eigenvalue weighted by Crippen LogP contribution is 2.38. The standard InChI is InChI=1S/C59H109NO23/c1-10-11-12-13-14-15-16-17-18-36(61)28-59(82-9)57(80)56(79)54(77)47(83-59)27-45(70)53(76)55(78)52(75)44(69)25-39(64)23-37(62)22-38(63)24-40(65)33(5)50(73)34(6)41(66)26-42(67)35(7)51(74)43(68)21-31(3)19-30(2)20-32(4)49(72)48-46(71)29-60(8)58(48)81/h20,30-31,33-45,47,50-57,61-70,72-80H,10-19,21-29H2,1-9H3/b32-20+,49-48-/t30-,31+,33?,34?,35?,36+,37?,38?,39?,40?,41?,42?,43?,44?,45?,47+,50?,51?,52?,53?,54+,55?,56-,57-,59-/m0/s1. The molecular weight excluding hydrogens is 1090 g/mol. The number of aliphatic hydroxyl groups is 19. The Morgan fingerprint density at radius 3 is 1.58 bits per heavy atom. The number of unbranched alkanes of at least 4 members (excludes halogenated alkanes) is 7. The van der Waals surface area contributed by atoms with Crippen molar-refractivity contribution in [2.45, 2.75) is 286 Å². The van der Waals surface area contributed by atoms with E-state index >= 15 is 0 Å². The number of nitrogens with zero attached hydrogens (tertiary/aromatic N) is 1. The molecule has 0 bridgehead atoms. The predicted molar refractivity (Wildman–Crippen MR) is 303 cm³/mol. The van der Waals surface area contributed by atoms with Crippen molar-refractivity contribution in [3.8, 4) is 0 Å². The normalized spacial score (nSPS) is 28.1. The van der Waals surface area contributed by atoms with E-state index < -0.39 is 177 Å². The Kier molecular flexibility index (Phi) is 34.0. The maximum absolute atomic E-state index is 12.3. The number of likely N-dealkylation sites (tertiary alicyclic amines) is 1. The van der Waals surface area contributed by atoms with E-state index in [0.717, 1.165) is 39.2 Å². The van der Waals surface area contributed by atoms with Crippen molar-refractivity contribution in [2.75, 3.05) is 20.7 Å². The fraction of sp³-hybridized carbons (Fsp3) is 0.898. The Labute approximate surface area is 490 Å². The van der Waals surface area contributed by atoms with Gasteiger partial charge in [0.1, 0.15) is 48.0 Å². The van der Waals surface area contributed by atoms with Gasteiger partial charge < -0.3 is 111 Å².